The second-order valence-corrected chi connectivity index (χ2v) is 3.96. The fourth-order valence-electron chi connectivity index (χ4n) is 1.63. The molecule has 0 unspecified atom stereocenters. The molecule has 0 spiro atoms. The largest absolute Gasteiger partial charge is 0.508 e. The monoisotopic (exact) mass is 208 g/mol. The van der Waals surface area contributed by atoms with Gasteiger partial charge in [-0.3, -0.25) is 0 Å². The van der Waals surface area contributed by atoms with Gasteiger partial charge in [0.1, 0.15) is 5.75 Å². The standard InChI is InChI=1S/C13H20O2/c1-2-3-4-5-6-13(15)11-7-9-12(14)10-8-11/h7-10,13-15H,2-6H2,1H3/t13-/m0/s1. The summed E-state index contributed by atoms with van der Waals surface area (Å²) < 4.78 is 0. The van der Waals surface area contributed by atoms with E-state index in [-0.39, 0.29) is 11.9 Å². The summed E-state index contributed by atoms with van der Waals surface area (Å²) in [5, 5.41) is 18.9. The molecule has 2 heteroatoms. The highest BCUT2D eigenvalue weighted by Crippen LogP contribution is 2.21. The Bertz CT molecular complexity index is 266. The minimum Gasteiger partial charge on any atom is -0.508 e. The zero-order valence-electron chi connectivity index (χ0n) is 9.32. The number of aliphatic hydroxyl groups excluding tert-OH is 1. The van der Waals surface area contributed by atoms with Crippen molar-refractivity contribution in [1.29, 1.82) is 0 Å². The molecular weight excluding hydrogens is 188 g/mol. The summed E-state index contributed by atoms with van der Waals surface area (Å²) in [6.07, 6.45) is 5.13. The van der Waals surface area contributed by atoms with Crippen LogP contribution in [-0.4, -0.2) is 10.2 Å². The third-order valence-electron chi connectivity index (χ3n) is 2.61. The van der Waals surface area contributed by atoms with Crippen molar-refractivity contribution in [2.45, 2.75) is 45.1 Å². The van der Waals surface area contributed by atoms with Crippen molar-refractivity contribution in [3.05, 3.63) is 29.8 Å². The Morgan fingerprint density at radius 1 is 1.07 bits per heavy atom. The summed E-state index contributed by atoms with van der Waals surface area (Å²) in [4.78, 5) is 0. The van der Waals surface area contributed by atoms with Crippen LogP contribution in [0, 0.1) is 0 Å². The molecular formula is C13H20O2. The number of unbranched alkanes of at least 4 members (excludes halogenated alkanes) is 3. The number of rotatable bonds is 6. The van der Waals surface area contributed by atoms with Crippen molar-refractivity contribution in [3.63, 3.8) is 0 Å². The van der Waals surface area contributed by atoms with Crippen LogP contribution in [0.15, 0.2) is 24.3 Å². The lowest BCUT2D eigenvalue weighted by atomic mass is 10.0. The Labute approximate surface area is 91.6 Å². The van der Waals surface area contributed by atoms with E-state index < -0.39 is 0 Å². The number of aromatic hydroxyl groups is 1. The lowest BCUT2D eigenvalue weighted by Gasteiger charge is -2.10. The zero-order chi connectivity index (χ0) is 11.1. The second kappa shape index (κ2) is 6.46. The number of benzene rings is 1. The number of phenolic OH excluding ortho intramolecular Hbond substituents is 1. The lowest BCUT2D eigenvalue weighted by molar-refractivity contribution is 0.163. The van der Waals surface area contributed by atoms with Gasteiger partial charge in [-0.2, -0.15) is 0 Å². The quantitative estimate of drug-likeness (QED) is 0.703. The minimum absolute atomic E-state index is 0.247. The Kier molecular flexibility index (Phi) is 5.19. The summed E-state index contributed by atoms with van der Waals surface area (Å²) in [6.45, 7) is 2.18. The number of phenols is 1. The van der Waals surface area contributed by atoms with Gasteiger partial charge in [0, 0.05) is 0 Å². The molecule has 2 N–H and O–H groups in total. The summed E-state index contributed by atoms with van der Waals surface area (Å²) >= 11 is 0. The maximum atomic E-state index is 9.83. The first-order chi connectivity index (χ1) is 7.24. The highest BCUT2D eigenvalue weighted by molar-refractivity contribution is 5.27. The van der Waals surface area contributed by atoms with E-state index in [1.165, 1.54) is 19.3 Å². The normalized spacial score (nSPS) is 12.7. The zero-order valence-corrected chi connectivity index (χ0v) is 9.32. The van der Waals surface area contributed by atoms with Crippen molar-refractivity contribution in [1.82, 2.24) is 0 Å². The van der Waals surface area contributed by atoms with Crippen molar-refractivity contribution in [3.8, 4) is 5.75 Å². The molecule has 0 saturated heterocycles. The van der Waals surface area contributed by atoms with Gasteiger partial charge >= 0.3 is 0 Å². The van der Waals surface area contributed by atoms with Crippen LogP contribution < -0.4 is 0 Å². The van der Waals surface area contributed by atoms with Crippen LogP contribution >= 0.6 is 0 Å². The van der Waals surface area contributed by atoms with Gasteiger partial charge in [-0.05, 0) is 24.1 Å². The average Bonchev–Trinajstić information content (AvgIpc) is 2.25. The van der Waals surface area contributed by atoms with Crippen molar-refractivity contribution in [2.75, 3.05) is 0 Å². The summed E-state index contributed by atoms with van der Waals surface area (Å²) in [5.74, 6) is 0.247. The third kappa shape index (κ3) is 4.34. The maximum Gasteiger partial charge on any atom is 0.115 e. The van der Waals surface area contributed by atoms with E-state index in [1.54, 1.807) is 24.3 Å². The van der Waals surface area contributed by atoms with Crippen LogP contribution in [0.3, 0.4) is 0 Å². The molecule has 1 aromatic carbocycles. The molecule has 0 aliphatic heterocycles. The SMILES string of the molecule is CCCCCC[C@H](O)c1ccc(O)cc1. The topological polar surface area (TPSA) is 40.5 Å². The third-order valence-corrected chi connectivity index (χ3v) is 2.61. The fraction of sp³-hybridized carbons (Fsp3) is 0.538. The van der Waals surface area contributed by atoms with Crippen LogP contribution in [0.25, 0.3) is 0 Å². The lowest BCUT2D eigenvalue weighted by Crippen LogP contribution is -1.96. The fourth-order valence-corrected chi connectivity index (χ4v) is 1.63. The van der Waals surface area contributed by atoms with Crippen LogP contribution in [-0.2, 0) is 0 Å². The molecule has 0 radical (unpaired) electrons. The van der Waals surface area contributed by atoms with E-state index in [1.807, 2.05) is 0 Å². The van der Waals surface area contributed by atoms with E-state index in [4.69, 9.17) is 5.11 Å². The van der Waals surface area contributed by atoms with E-state index in [0.29, 0.717) is 0 Å². The highest BCUT2D eigenvalue weighted by Gasteiger charge is 2.06. The van der Waals surface area contributed by atoms with E-state index >= 15 is 0 Å². The maximum absolute atomic E-state index is 9.83. The summed E-state index contributed by atoms with van der Waals surface area (Å²) in [5.41, 5.74) is 0.893. The van der Waals surface area contributed by atoms with Gasteiger partial charge in [0.25, 0.3) is 0 Å². The molecule has 1 atom stereocenters. The first-order valence-electron chi connectivity index (χ1n) is 5.71. The van der Waals surface area contributed by atoms with E-state index in [0.717, 1.165) is 18.4 Å². The molecule has 1 rings (SSSR count). The van der Waals surface area contributed by atoms with Crippen LogP contribution in [0.5, 0.6) is 5.75 Å². The molecule has 2 nitrogen and oxygen atoms in total. The number of hydrogen-bond acceptors (Lipinski definition) is 2. The molecule has 0 fully saturated rings. The Morgan fingerprint density at radius 2 is 1.73 bits per heavy atom. The summed E-state index contributed by atoms with van der Waals surface area (Å²) in [7, 11) is 0. The minimum atomic E-state index is -0.387. The van der Waals surface area contributed by atoms with Crippen molar-refractivity contribution < 1.29 is 10.2 Å². The molecule has 0 aliphatic rings. The molecule has 0 bridgehead atoms. The van der Waals surface area contributed by atoms with Gasteiger partial charge in [0.05, 0.1) is 6.10 Å². The molecule has 0 saturated carbocycles. The Hall–Kier alpha value is -1.02. The van der Waals surface area contributed by atoms with Crippen LogP contribution in [0.1, 0.15) is 50.7 Å². The van der Waals surface area contributed by atoms with Crippen LogP contribution in [0.4, 0.5) is 0 Å². The van der Waals surface area contributed by atoms with E-state index in [9.17, 15) is 5.11 Å². The average molecular weight is 208 g/mol. The van der Waals surface area contributed by atoms with Gasteiger partial charge < -0.3 is 10.2 Å². The van der Waals surface area contributed by atoms with Crippen molar-refractivity contribution in [2.24, 2.45) is 0 Å². The van der Waals surface area contributed by atoms with Gasteiger partial charge in [-0.15, -0.1) is 0 Å². The first kappa shape index (κ1) is 12.1. The van der Waals surface area contributed by atoms with Gasteiger partial charge in [0.15, 0.2) is 0 Å². The molecule has 0 aliphatic carbocycles. The summed E-state index contributed by atoms with van der Waals surface area (Å²) in [6, 6.07) is 6.79. The highest BCUT2D eigenvalue weighted by atomic mass is 16.3. The first-order valence-corrected chi connectivity index (χ1v) is 5.71. The second-order valence-electron chi connectivity index (χ2n) is 3.96. The molecule has 15 heavy (non-hydrogen) atoms. The molecule has 0 aromatic heterocycles. The molecule has 0 amide bonds. The Balaban J connectivity index is 2.33. The number of hydrogen-bond donors (Lipinski definition) is 2. The predicted molar refractivity (Wildman–Crippen MR) is 61.8 cm³/mol. The predicted octanol–water partition coefficient (Wildman–Crippen LogP) is 3.40. The van der Waals surface area contributed by atoms with Gasteiger partial charge in [0.2, 0.25) is 0 Å². The molecule has 84 valence electrons. The molecule has 0 heterocycles. The van der Waals surface area contributed by atoms with E-state index in [2.05, 4.69) is 6.92 Å². The van der Waals surface area contributed by atoms with Gasteiger partial charge in [-0.25, -0.2) is 0 Å². The number of aliphatic hydroxyl groups is 1. The molecule has 1 aromatic rings. The van der Waals surface area contributed by atoms with Crippen LogP contribution in [0.2, 0.25) is 0 Å². The Morgan fingerprint density at radius 3 is 2.33 bits per heavy atom. The smallest absolute Gasteiger partial charge is 0.115 e. The van der Waals surface area contributed by atoms with Gasteiger partial charge in [-0.1, -0.05) is 44.7 Å². The van der Waals surface area contributed by atoms with Crippen molar-refractivity contribution >= 4 is 0 Å².